The van der Waals surface area contributed by atoms with Crippen LogP contribution in [0.1, 0.15) is 5.56 Å². The number of halogens is 2. The van der Waals surface area contributed by atoms with Crippen molar-refractivity contribution in [2.45, 2.75) is 6.54 Å². The zero-order valence-electron chi connectivity index (χ0n) is 11.4. The Morgan fingerprint density at radius 1 is 1.24 bits per heavy atom. The number of hydrogen-bond acceptors (Lipinski definition) is 3. The molecule has 0 aliphatic carbocycles. The molecule has 2 aromatic carbocycles. The first-order chi connectivity index (χ1) is 9.67. The zero-order chi connectivity index (χ0) is 14.1. The largest absolute Gasteiger partial charge is 0.457 e. The van der Waals surface area contributed by atoms with Crippen molar-refractivity contribution >= 4 is 23.3 Å². The second-order valence-corrected chi connectivity index (χ2v) is 4.55. The predicted molar refractivity (Wildman–Crippen MR) is 82.3 cm³/mol. The van der Waals surface area contributed by atoms with Crippen molar-refractivity contribution in [3.05, 3.63) is 54.0 Å². The highest BCUT2D eigenvalue weighted by molar-refractivity contribution is 5.85. The van der Waals surface area contributed by atoms with Gasteiger partial charge in [-0.1, -0.05) is 0 Å². The van der Waals surface area contributed by atoms with E-state index in [4.69, 9.17) is 10.5 Å². The number of aryl methyl sites for hydroxylation is 1. The third-order valence-electron chi connectivity index (χ3n) is 3.19. The molecule has 0 atom stereocenters. The van der Waals surface area contributed by atoms with E-state index >= 15 is 0 Å². The summed E-state index contributed by atoms with van der Waals surface area (Å²) < 4.78 is 20.7. The molecule has 0 fully saturated rings. The van der Waals surface area contributed by atoms with Crippen LogP contribution in [0.25, 0.3) is 10.9 Å². The number of rotatable bonds is 3. The number of ether oxygens (including phenoxy) is 1. The van der Waals surface area contributed by atoms with Crippen LogP contribution >= 0.6 is 12.4 Å². The van der Waals surface area contributed by atoms with Crippen LogP contribution in [0, 0.1) is 5.82 Å². The number of aromatic nitrogens is 2. The van der Waals surface area contributed by atoms with E-state index in [0.717, 1.165) is 10.9 Å². The molecule has 2 N–H and O–H groups in total. The van der Waals surface area contributed by atoms with E-state index in [0.29, 0.717) is 17.1 Å². The van der Waals surface area contributed by atoms with Crippen LogP contribution in [0.5, 0.6) is 11.5 Å². The maximum Gasteiger partial charge on any atom is 0.132 e. The monoisotopic (exact) mass is 307 g/mol. The summed E-state index contributed by atoms with van der Waals surface area (Å²) in [7, 11) is 1.88. The van der Waals surface area contributed by atoms with Crippen LogP contribution in [0.3, 0.4) is 0 Å². The number of nitrogens with zero attached hydrogens (tertiary/aromatic N) is 2. The van der Waals surface area contributed by atoms with Crippen molar-refractivity contribution in [3.8, 4) is 11.5 Å². The van der Waals surface area contributed by atoms with Crippen LogP contribution < -0.4 is 10.5 Å². The lowest BCUT2D eigenvalue weighted by atomic mass is 10.2. The fraction of sp³-hybridized carbons (Fsp3) is 0.133. The highest BCUT2D eigenvalue weighted by Gasteiger charge is 2.07. The number of nitrogens with two attached hydrogens (primary N) is 1. The summed E-state index contributed by atoms with van der Waals surface area (Å²) in [6, 6.07) is 10.0. The minimum absolute atomic E-state index is 0. The molecule has 110 valence electrons. The van der Waals surface area contributed by atoms with Gasteiger partial charge < -0.3 is 10.5 Å². The van der Waals surface area contributed by atoms with E-state index in [2.05, 4.69) is 5.10 Å². The lowest BCUT2D eigenvalue weighted by Gasteiger charge is -2.10. The molecule has 1 heterocycles. The number of hydrogen-bond donors (Lipinski definition) is 1. The Bertz CT molecular complexity index is 773. The summed E-state index contributed by atoms with van der Waals surface area (Å²) in [5.74, 6) is 0.921. The van der Waals surface area contributed by atoms with Crippen LogP contribution in [-0.2, 0) is 13.6 Å². The van der Waals surface area contributed by atoms with Gasteiger partial charge in [-0.15, -0.1) is 12.4 Å². The van der Waals surface area contributed by atoms with Crippen LogP contribution in [0.15, 0.2) is 42.6 Å². The molecular weight excluding hydrogens is 293 g/mol. The van der Waals surface area contributed by atoms with Crippen molar-refractivity contribution < 1.29 is 9.13 Å². The van der Waals surface area contributed by atoms with Gasteiger partial charge >= 0.3 is 0 Å². The molecule has 4 nitrogen and oxygen atoms in total. The van der Waals surface area contributed by atoms with Gasteiger partial charge in [-0.05, 0) is 36.4 Å². The van der Waals surface area contributed by atoms with Gasteiger partial charge in [0.15, 0.2) is 0 Å². The SMILES string of the molecule is Cl.Cn1ncc2cc(Oc3ccc(F)cc3CN)ccc21. The van der Waals surface area contributed by atoms with Crippen LogP contribution in [0.2, 0.25) is 0 Å². The molecule has 3 rings (SSSR count). The second-order valence-electron chi connectivity index (χ2n) is 4.55. The molecule has 0 saturated heterocycles. The fourth-order valence-electron chi connectivity index (χ4n) is 2.14. The lowest BCUT2D eigenvalue weighted by molar-refractivity contribution is 0.474. The second kappa shape index (κ2) is 6.11. The van der Waals surface area contributed by atoms with Gasteiger partial charge in [0.25, 0.3) is 0 Å². The van der Waals surface area contributed by atoms with E-state index in [9.17, 15) is 4.39 Å². The molecule has 0 radical (unpaired) electrons. The Morgan fingerprint density at radius 2 is 2.05 bits per heavy atom. The number of benzene rings is 2. The summed E-state index contributed by atoms with van der Waals surface area (Å²) in [4.78, 5) is 0. The molecule has 0 bridgehead atoms. The van der Waals surface area contributed by atoms with Crippen molar-refractivity contribution in [1.29, 1.82) is 0 Å². The maximum atomic E-state index is 13.2. The van der Waals surface area contributed by atoms with E-state index in [1.54, 1.807) is 16.9 Å². The molecule has 21 heavy (non-hydrogen) atoms. The predicted octanol–water partition coefficient (Wildman–Crippen LogP) is 3.39. The lowest BCUT2D eigenvalue weighted by Crippen LogP contribution is -2.00. The van der Waals surface area contributed by atoms with Crippen molar-refractivity contribution in [1.82, 2.24) is 9.78 Å². The molecule has 0 unspecified atom stereocenters. The van der Waals surface area contributed by atoms with Gasteiger partial charge in [-0.25, -0.2) is 4.39 Å². The summed E-state index contributed by atoms with van der Waals surface area (Å²) in [6.07, 6.45) is 1.77. The van der Waals surface area contributed by atoms with Gasteiger partial charge in [-0.2, -0.15) is 5.10 Å². The topological polar surface area (TPSA) is 53.1 Å². The first-order valence-corrected chi connectivity index (χ1v) is 6.25. The van der Waals surface area contributed by atoms with Gasteiger partial charge in [0, 0.05) is 24.5 Å². The van der Waals surface area contributed by atoms with Gasteiger partial charge in [0.05, 0.1) is 11.7 Å². The Hall–Kier alpha value is -2.11. The molecule has 0 amide bonds. The minimum atomic E-state index is -0.319. The zero-order valence-corrected chi connectivity index (χ0v) is 12.2. The molecule has 0 saturated carbocycles. The van der Waals surface area contributed by atoms with Crippen molar-refractivity contribution in [2.75, 3.05) is 0 Å². The van der Waals surface area contributed by atoms with Gasteiger partial charge in [-0.3, -0.25) is 4.68 Å². The Morgan fingerprint density at radius 3 is 2.81 bits per heavy atom. The average molecular weight is 308 g/mol. The van der Waals surface area contributed by atoms with Crippen molar-refractivity contribution in [3.63, 3.8) is 0 Å². The molecule has 0 spiro atoms. The average Bonchev–Trinajstić information content (AvgIpc) is 2.82. The molecule has 3 aromatic rings. The van der Waals surface area contributed by atoms with E-state index in [1.165, 1.54) is 12.1 Å². The molecule has 0 aliphatic heterocycles. The maximum absolute atomic E-state index is 13.2. The third-order valence-corrected chi connectivity index (χ3v) is 3.19. The standard InChI is InChI=1S/C15H14FN3O.ClH/c1-19-14-4-3-13(7-11(14)9-18-19)20-15-5-2-12(16)6-10(15)8-17;/h2-7,9H,8,17H2,1H3;1H. The number of fused-ring (bicyclic) bond motifs is 1. The summed E-state index contributed by atoms with van der Waals surface area (Å²) >= 11 is 0. The first kappa shape index (κ1) is 15.3. The summed E-state index contributed by atoms with van der Waals surface area (Å²) in [5, 5.41) is 5.17. The fourth-order valence-corrected chi connectivity index (χ4v) is 2.14. The summed E-state index contributed by atoms with van der Waals surface area (Å²) in [6.45, 7) is 0.224. The highest BCUT2D eigenvalue weighted by atomic mass is 35.5. The Labute approximate surface area is 127 Å². The van der Waals surface area contributed by atoms with Crippen molar-refractivity contribution in [2.24, 2.45) is 12.8 Å². The highest BCUT2D eigenvalue weighted by Crippen LogP contribution is 2.28. The smallest absolute Gasteiger partial charge is 0.132 e. The molecule has 6 heteroatoms. The van der Waals surface area contributed by atoms with Crippen LogP contribution in [0.4, 0.5) is 4.39 Å². The first-order valence-electron chi connectivity index (χ1n) is 6.25. The van der Waals surface area contributed by atoms with E-state index in [-0.39, 0.29) is 24.8 Å². The third kappa shape index (κ3) is 2.99. The van der Waals surface area contributed by atoms with Crippen LogP contribution in [-0.4, -0.2) is 9.78 Å². The molecular formula is C15H15ClFN3O. The van der Waals surface area contributed by atoms with Gasteiger partial charge in [0.2, 0.25) is 0 Å². The normalized spacial score (nSPS) is 10.4. The Balaban J connectivity index is 0.00000161. The quantitative estimate of drug-likeness (QED) is 0.807. The van der Waals surface area contributed by atoms with Gasteiger partial charge in [0.1, 0.15) is 17.3 Å². The molecule has 1 aromatic heterocycles. The molecule has 0 aliphatic rings. The summed E-state index contributed by atoms with van der Waals surface area (Å²) in [5.41, 5.74) is 7.27. The van der Waals surface area contributed by atoms with E-state index < -0.39 is 0 Å². The van der Waals surface area contributed by atoms with E-state index in [1.807, 2.05) is 25.2 Å². The Kier molecular flexibility index (Phi) is 4.45. The minimum Gasteiger partial charge on any atom is -0.457 e.